The number of aliphatic hydroxyl groups is 1. The summed E-state index contributed by atoms with van der Waals surface area (Å²) in [4.78, 5) is 6.15. The van der Waals surface area contributed by atoms with Crippen LogP contribution in [-0.2, 0) is 13.0 Å². The number of hydrogen-bond donors (Lipinski definition) is 2. The van der Waals surface area contributed by atoms with E-state index in [2.05, 4.69) is 28.2 Å². The van der Waals surface area contributed by atoms with Gasteiger partial charge in [-0.25, -0.2) is 0 Å². The predicted octanol–water partition coefficient (Wildman–Crippen LogP) is 5.13. The first kappa shape index (κ1) is 18.7. The van der Waals surface area contributed by atoms with Crippen molar-refractivity contribution in [3.63, 3.8) is 0 Å². The van der Waals surface area contributed by atoms with Crippen molar-refractivity contribution in [1.29, 1.82) is 0 Å². The monoisotopic (exact) mass is 380 g/mol. The molecule has 1 aromatic heterocycles. The van der Waals surface area contributed by atoms with E-state index >= 15 is 0 Å². The Labute approximate surface area is 169 Å². The molecule has 3 fully saturated rings. The van der Waals surface area contributed by atoms with E-state index < -0.39 is 0 Å². The lowest BCUT2D eigenvalue weighted by atomic mass is 9.75. The van der Waals surface area contributed by atoms with Gasteiger partial charge in [0.05, 0.1) is 12.1 Å². The number of unbranched alkanes of at least 4 members (excludes halogenated alkanes) is 1. The van der Waals surface area contributed by atoms with Crippen molar-refractivity contribution in [2.24, 2.45) is 23.7 Å². The van der Waals surface area contributed by atoms with Gasteiger partial charge in [0.1, 0.15) is 0 Å². The third kappa shape index (κ3) is 3.52. The van der Waals surface area contributed by atoms with Gasteiger partial charge in [0, 0.05) is 23.7 Å². The van der Waals surface area contributed by atoms with Crippen LogP contribution in [0.2, 0.25) is 0 Å². The fraction of sp³-hybridized carbons (Fsp3) is 0.680. The van der Waals surface area contributed by atoms with E-state index in [-0.39, 0.29) is 6.61 Å². The molecule has 1 aromatic carbocycles. The van der Waals surface area contributed by atoms with E-state index in [1.807, 2.05) is 6.07 Å². The van der Waals surface area contributed by atoms with E-state index in [1.165, 1.54) is 82.0 Å². The van der Waals surface area contributed by atoms with Crippen molar-refractivity contribution < 1.29 is 5.11 Å². The standard InChI is InChI=1S/C25H36N2O/c28-17-20-8-5-10-24-19(15-26-25(20)24)7-3-4-12-27-13-11-23-21(16-27)14-18-6-1-2-9-22(18)23/h5,8,10,15,18,21-23,26,28H,1-4,6-7,9,11-14,16-17H2. The smallest absolute Gasteiger partial charge is 0.0702 e. The number of benzene rings is 1. The number of piperidine rings is 1. The lowest BCUT2D eigenvalue weighted by Gasteiger charge is -2.38. The first-order chi connectivity index (χ1) is 13.8. The highest BCUT2D eigenvalue weighted by atomic mass is 16.3. The van der Waals surface area contributed by atoms with Crippen LogP contribution in [0, 0.1) is 23.7 Å². The molecule has 0 spiro atoms. The number of nitrogens with one attached hydrogen (secondary N) is 1. The number of rotatable bonds is 6. The van der Waals surface area contributed by atoms with Gasteiger partial charge in [-0.2, -0.15) is 0 Å². The molecule has 3 aliphatic rings. The van der Waals surface area contributed by atoms with Crippen LogP contribution in [0.3, 0.4) is 0 Å². The number of nitrogens with zero attached hydrogens (tertiary/aromatic N) is 1. The van der Waals surface area contributed by atoms with Gasteiger partial charge in [0.2, 0.25) is 0 Å². The topological polar surface area (TPSA) is 39.3 Å². The average molecular weight is 381 g/mol. The molecular weight excluding hydrogens is 344 g/mol. The molecule has 1 aliphatic heterocycles. The first-order valence-corrected chi connectivity index (χ1v) is 11.7. The number of aryl methyl sites for hydroxylation is 1. The zero-order valence-corrected chi connectivity index (χ0v) is 17.2. The van der Waals surface area contributed by atoms with Gasteiger partial charge in [0.25, 0.3) is 0 Å². The normalized spacial score (nSPS) is 30.5. The summed E-state index contributed by atoms with van der Waals surface area (Å²) in [5.41, 5.74) is 3.53. The molecule has 4 atom stereocenters. The van der Waals surface area contributed by atoms with E-state index in [9.17, 15) is 5.11 Å². The number of aromatic nitrogens is 1. The zero-order valence-electron chi connectivity index (χ0n) is 17.2. The van der Waals surface area contributed by atoms with Crippen molar-refractivity contribution >= 4 is 10.9 Å². The molecule has 2 aliphatic carbocycles. The molecule has 3 heteroatoms. The van der Waals surface area contributed by atoms with Crippen LogP contribution in [0.5, 0.6) is 0 Å². The fourth-order valence-corrected chi connectivity index (χ4v) is 6.89. The molecule has 2 saturated carbocycles. The Balaban J connectivity index is 1.11. The van der Waals surface area contributed by atoms with Crippen molar-refractivity contribution in [1.82, 2.24) is 9.88 Å². The quantitative estimate of drug-likeness (QED) is 0.682. The summed E-state index contributed by atoms with van der Waals surface area (Å²) in [6.07, 6.45) is 14.9. The van der Waals surface area contributed by atoms with Crippen LogP contribution in [0.15, 0.2) is 24.4 Å². The Morgan fingerprint density at radius 1 is 1.00 bits per heavy atom. The van der Waals surface area contributed by atoms with Gasteiger partial charge in [-0.3, -0.25) is 0 Å². The zero-order chi connectivity index (χ0) is 18.9. The molecule has 2 N–H and O–H groups in total. The summed E-state index contributed by atoms with van der Waals surface area (Å²) in [6.45, 7) is 4.11. The van der Waals surface area contributed by atoms with Crippen LogP contribution < -0.4 is 0 Å². The third-order valence-corrected chi connectivity index (χ3v) is 8.23. The highest BCUT2D eigenvalue weighted by Gasteiger charge is 2.45. The Hall–Kier alpha value is -1.32. The molecule has 3 nitrogen and oxygen atoms in total. The number of fused-ring (bicyclic) bond motifs is 4. The number of aliphatic hydroxyl groups excluding tert-OH is 1. The summed E-state index contributed by atoms with van der Waals surface area (Å²) >= 11 is 0. The maximum atomic E-state index is 9.51. The minimum Gasteiger partial charge on any atom is -0.392 e. The summed E-state index contributed by atoms with van der Waals surface area (Å²) in [7, 11) is 0. The Morgan fingerprint density at radius 2 is 1.89 bits per heavy atom. The second-order valence-corrected chi connectivity index (χ2v) is 9.73. The lowest BCUT2D eigenvalue weighted by molar-refractivity contribution is 0.109. The van der Waals surface area contributed by atoms with Crippen molar-refractivity contribution in [3.8, 4) is 0 Å². The number of aromatic amines is 1. The lowest BCUT2D eigenvalue weighted by Crippen LogP contribution is -2.40. The fourth-order valence-electron chi connectivity index (χ4n) is 6.89. The summed E-state index contributed by atoms with van der Waals surface area (Å²) < 4.78 is 0. The maximum absolute atomic E-state index is 9.51. The largest absolute Gasteiger partial charge is 0.392 e. The molecule has 5 rings (SSSR count). The second kappa shape index (κ2) is 8.20. The summed E-state index contributed by atoms with van der Waals surface area (Å²) in [5, 5.41) is 10.8. The third-order valence-electron chi connectivity index (χ3n) is 8.23. The minimum absolute atomic E-state index is 0.107. The molecule has 0 bridgehead atoms. The Morgan fingerprint density at radius 3 is 2.82 bits per heavy atom. The van der Waals surface area contributed by atoms with Crippen molar-refractivity contribution in [2.45, 2.75) is 64.4 Å². The average Bonchev–Trinajstić information content (AvgIpc) is 3.32. The first-order valence-electron chi connectivity index (χ1n) is 11.7. The number of para-hydroxylation sites is 1. The van der Waals surface area contributed by atoms with Gasteiger partial charge in [-0.05, 0) is 80.8 Å². The van der Waals surface area contributed by atoms with E-state index in [0.717, 1.165) is 41.2 Å². The van der Waals surface area contributed by atoms with E-state index in [1.54, 1.807) is 0 Å². The molecule has 2 heterocycles. The number of H-pyrrole nitrogens is 1. The van der Waals surface area contributed by atoms with Crippen LogP contribution in [-0.4, -0.2) is 34.6 Å². The molecule has 4 unspecified atom stereocenters. The molecular formula is C25H36N2O. The molecule has 2 aromatic rings. The molecule has 152 valence electrons. The molecule has 0 amide bonds. The van der Waals surface area contributed by atoms with Crippen molar-refractivity contribution in [3.05, 3.63) is 35.5 Å². The highest BCUT2D eigenvalue weighted by Crippen LogP contribution is 2.51. The summed E-state index contributed by atoms with van der Waals surface area (Å²) in [5.74, 6) is 4.24. The van der Waals surface area contributed by atoms with Crippen LogP contribution in [0.25, 0.3) is 10.9 Å². The van der Waals surface area contributed by atoms with Gasteiger partial charge < -0.3 is 15.0 Å². The van der Waals surface area contributed by atoms with E-state index in [4.69, 9.17) is 0 Å². The molecule has 0 radical (unpaired) electrons. The number of hydrogen-bond acceptors (Lipinski definition) is 2. The Kier molecular flexibility index (Phi) is 5.47. The van der Waals surface area contributed by atoms with E-state index in [0.29, 0.717) is 0 Å². The molecule has 28 heavy (non-hydrogen) atoms. The minimum atomic E-state index is 0.107. The van der Waals surface area contributed by atoms with Crippen molar-refractivity contribution in [2.75, 3.05) is 19.6 Å². The number of likely N-dealkylation sites (tertiary alicyclic amines) is 1. The van der Waals surface area contributed by atoms with Crippen LogP contribution in [0.1, 0.15) is 62.5 Å². The van der Waals surface area contributed by atoms with Crippen LogP contribution >= 0.6 is 0 Å². The van der Waals surface area contributed by atoms with Gasteiger partial charge in [0.15, 0.2) is 0 Å². The predicted molar refractivity (Wildman–Crippen MR) is 115 cm³/mol. The Bertz CT molecular complexity index is 797. The SMILES string of the molecule is OCc1cccc2c(CCCCN3CCC4C(CC5CCCCC54)C3)c[nH]c12. The van der Waals surface area contributed by atoms with Crippen LogP contribution in [0.4, 0.5) is 0 Å². The second-order valence-electron chi connectivity index (χ2n) is 9.73. The summed E-state index contributed by atoms with van der Waals surface area (Å²) in [6, 6.07) is 6.25. The van der Waals surface area contributed by atoms with Gasteiger partial charge in [-0.15, -0.1) is 0 Å². The maximum Gasteiger partial charge on any atom is 0.0702 e. The van der Waals surface area contributed by atoms with Gasteiger partial charge >= 0.3 is 0 Å². The molecule has 1 saturated heterocycles. The van der Waals surface area contributed by atoms with Gasteiger partial charge in [-0.1, -0.05) is 37.5 Å². The highest BCUT2D eigenvalue weighted by molar-refractivity contribution is 5.85.